The number of aliphatic imine (C=N–C) groups is 1. The molecule has 0 saturated carbocycles. The van der Waals surface area contributed by atoms with E-state index in [-0.39, 0.29) is 5.91 Å². The fourth-order valence-electron chi connectivity index (χ4n) is 2.66. The Hall–Kier alpha value is -3.28. The fourth-order valence-corrected chi connectivity index (χ4v) is 2.66. The zero-order chi connectivity index (χ0) is 18.7. The summed E-state index contributed by atoms with van der Waals surface area (Å²) in [5, 5.41) is 2.79. The van der Waals surface area contributed by atoms with Crippen molar-refractivity contribution in [3.8, 4) is 17.2 Å². The van der Waals surface area contributed by atoms with Gasteiger partial charge in [-0.15, -0.1) is 0 Å². The molecule has 2 aromatic carbocycles. The maximum absolute atomic E-state index is 12.4. The Morgan fingerprint density at radius 3 is 2.27 bits per heavy atom. The van der Waals surface area contributed by atoms with E-state index in [9.17, 15) is 4.79 Å². The minimum absolute atomic E-state index is 0.273. The molecule has 0 bridgehead atoms. The Morgan fingerprint density at radius 2 is 1.65 bits per heavy atom. The standard InChI is InChI=1S/C20H20N2O4/c1-12-5-6-18(26-4)13(7-12)10-17-20(23)22-19(21-17)14-8-15(24-2)11-16(9-14)25-3/h5-11H,1-4H3,(H,21,22,23)/b17-10+. The number of hydrogen-bond acceptors (Lipinski definition) is 5. The SMILES string of the molecule is COc1cc(OC)cc(C2=N/C(=C/c3cc(C)ccc3OC)C(=O)N2)c1. The smallest absolute Gasteiger partial charge is 0.275 e. The van der Waals surface area contributed by atoms with Gasteiger partial charge < -0.3 is 19.5 Å². The van der Waals surface area contributed by atoms with E-state index in [1.165, 1.54) is 0 Å². The summed E-state index contributed by atoms with van der Waals surface area (Å²) < 4.78 is 15.9. The molecule has 1 aliphatic heterocycles. The second-order valence-electron chi connectivity index (χ2n) is 5.79. The second kappa shape index (κ2) is 7.31. The van der Waals surface area contributed by atoms with Crippen molar-refractivity contribution in [1.29, 1.82) is 0 Å². The molecule has 134 valence electrons. The highest BCUT2D eigenvalue weighted by Gasteiger charge is 2.22. The number of carbonyl (C=O) groups excluding carboxylic acids is 1. The molecule has 0 radical (unpaired) electrons. The lowest BCUT2D eigenvalue weighted by Crippen LogP contribution is -2.24. The third-order valence-electron chi connectivity index (χ3n) is 4.00. The molecule has 0 aliphatic carbocycles. The first-order valence-electron chi connectivity index (χ1n) is 8.04. The first-order valence-corrected chi connectivity index (χ1v) is 8.04. The van der Waals surface area contributed by atoms with Crippen molar-refractivity contribution in [3.63, 3.8) is 0 Å². The van der Waals surface area contributed by atoms with Gasteiger partial charge in [0.15, 0.2) is 0 Å². The number of rotatable bonds is 5. The minimum atomic E-state index is -0.273. The minimum Gasteiger partial charge on any atom is -0.497 e. The predicted molar refractivity (Wildman–Crippen MR) is 99.9 cm³/mol. The molecule has 0 saturated heterocycles. The van der Waals surface area contributed by atoms with Crippen LogP contribution in [0.3, 0.4) is 0 Å². The number of carbonyl (C=O) groups is 1. The van der Waals surface area contributed by atoms with Crippen molar-refractivity contribution in [1.82, 2.24) is 5.32 Å². The first-order chi connectivity index (χ1) is 12.5. The van der Waals surface area contributed by atoms with Gasteiger partial charge in [-0.2, -0.15) is 0 Å². The van der Waals surface area contributed by atoms with E-state index >= 15 is 0 Å². The molecule has 3 rings (SSSR count). The molecule has 0 fully saturated rings. The van der Waals surface area contributed by atoms with Crippen LogP contribution < -0.4 is 19.5 Å². The van der Waals surface area contributed by atoms with E-state index in [4.69, 9.17) is 14.2 Å². The number of ether oxygens (including phenoxy) is 3. The lowest BCUT2D eigenvalue weighted by Gasteiger charge is -2.08. The van der Waals surface area contributed by atoms with Crippen LogP contribution in [0.1, 0.15) is 16.7 Å². The molecule has 6 heteroatoms. The number of methoxy groups -OCH3 is 3. The monoisotopic (exact) mass is 352 g/mol. The molecule has 0 atom stereocenters. The topological polar surface area (TPSA) is 69.1 Å². The van der Waals surface area contributed by atoms with Crippen LogP contribution in [0.15, 0.2) is 47.1 Å². The van der Waals surface area contributed by atoms with E-state index in [1.54, 1.807) is 45.6 Å². The van der Waals surface area contributed by atoms with Gasteiger partial charge in [-0.3, -0.25) is 4.79 Å². The summed E-state index contributed by atoms with van der Waals surface area (Å²) in [5.41, 5.74) is 2.88. The number of nitrogens with zero attached hydrogens (tertiary/aromatic N) is 1. The van der Waals surface area contributed by atoms with Gasteiger partial charge in [-0.05, 0) is 37.3 Å². The number of aryl methyl sites for hydroxylation is 1. The Morgan fingerprint density at radius 1 is 0.962 bits per heavy atom. The third kappa shape index (κ3) is 3.54. The fraction of sp³-hybridized carbons (Fsp3) is 0.200. The largest absolute Gasteiger partial charge is 0.497 e. The molecular weight excluding hydrogens is 332 g/mol. The van der Waals surface area contributed by atoms with Crippen LogP contribution in [-0.4, -0.2) is 33.1 Å². The third-order valence-corrected chi connectivity index (χ3v) is 4.00. The van der Waals surface area contributed by atoms with Gasteiger partial charge in [-0.1, -0.05) is 11.6 Å². The highest BCUT2D eigenvalue weighted by Crippen LogP contribution is 2.26. The molecular formula is C20H20N2O4. The van der Waals surface area contributed by atoms with E-state index < -0.39 is 0 Å². The lowest BCUT2D eigenvalue weighted by atomic mass is 10.1. The summed E-state index contributed by atoms with van der Waals surface area (Å²) in [6.07, 6.45) is 1.71. The van der Waals surface area contributed by atoms with Gasteiger partial charge >= 0.3 is 0 Å². The van der Waals surface area contributed by atoms with Crippen LogP contribution in [0, 0.1) is 6.92 Å². The van der Waals surface area contributed by atoms with Gasteiger partial charge in [0.1, 0.15) is 28.8 Å². The van der Waals surface area contributed by atoms with Crippen LogP contribution in [-0.2, 0) is 4.79 Å². The molecule has 1 N–H and O–H groups in total. The van der Waals surface area contributed by atoms with Crippen LogP contribution in [0.4, 0.5) is 0 Å². The highest BCUT2D eigenvalue weighted by atomic mass is 16.5. The van der Waals surface area contributed by atoms with Gasteiger partial charge in [0, 0.05) is 17.2 Å². The van der Waals surface area contributed by atoms with Crippen molar-refractivity contribution in [2.75, 3.05) is 21.3 Å². The average Bonchev–Trinajstić information content (AvgIpc) is 3.02. The van der Waals surface area contributed by atoms with E-state index in [0.717, 1.165) is 11.1 Å². The Kier molecular flexibility index (Phi) is 4.93. The van der Waals surface area contributed by atoms with Crippen LogP contribution in [0.25, 0.3) is 6.08 Å². The Labute approximate surface area is 152 Å². The number of benzene rings is 2. The number of nitrogens with one attached hydrogen (secondary N) is 1. The average molecular weight is 352 g/mol. The summed E-state index contributed by atoms with van der Waals surface area (Å²) in [6.45, 7) is 1.98. The molecule has 2 aromatic rings. The van der Waals surface area contributed by atoms with E-state index in [1.807, 2.05) is 25.1 Å². The summed E-state index contributed by atoms with van der Waals surface area (Å²) >= 11 is 0. The summed E-state index contributed by atoms with van der Waals surface area (Å²) in [5.74, 6) is 2.10. The van der Waals surface area contributed by atoms with Crippen LogP contribution in [0.2, 0.25) is 0 Å². The van der Waals surface area contributed by atoms with Gasteiger partial charge in [0.25, 0.3) is 5.91 Å². The second-order valence-corrected chi connectivity index (χ2v) is 5.79. The Bertz CT molecular complexity index is 894. The summed E-state index contributed by atoms with van der Waals surface area (Å²) in [4.78, 5) is 16.8. The van der Waals surface area contributed by atoms with Crippen molar-refractivity contribution in [3.05, 3.63) is 58.8 Å². The molecule has 1 aliphatic rings. The molecule has 0 spiro atoms. The molecule has 0 aromatic heterocycles. The van der Waals surface area contributed by atoms with E-state index in [2.05, 4.69) is 10.3 Å². The lowest BCUT2D eigenvalue weighted by molar-refractivity contribution is -0.115. The first kappa shape index (κ1) is 17.5. The molecule has 1 amide bonds. The van der Waals surface area contributed by atoms with Crippen molar-refractivity contribution < 1.29 is 19.0 Å². The van der Waals surface area contributed by atoms with Gasteiger partial charge in [0.05, 0.1) is 21.3 Å². The van der Waals surface area contributed by atoms with Gasteiger partial charge in [-0.25, -0.2) is 4.99 Å². The highest BCUT2D eigenvalue weighted by molar-refractivity contribution is 6.20. The quantitative estimate of drug-likeness (QED) is 0.840. The van der Waals surface area contributed by atoms with Gasteiger partial charge in [0.2, 0.25) is 0 Å². The number of hydrogen-bond donors (Lipinski definition) is 1. The molecule has 6 nitrogen and oxygen atoms in total. The molecule has 1 heterocycles. The predicted octanol–water partition coefficient (Wildman–Crippen LogP) is 2.94. The van der Waals surface area contributed by atoms with Crippen molar-refractivity contribution in [2.24, 2.45) is 4.99 Å². The number of amidine groups is 1. The molecule has 26 heavy (non-hydrogen) atoms. The Balaban J connectivity index is 2.01. The van der Waals surface area contributed by atoms with Crippen molar-refractivity contribution in [2.45, 2.75) is 6.92 Å². The maximum atomic E-state index is 12.4. The zero-order valence-electron chi connectivity index (χ0n) is 15.1. The number of amides is 1. The summed E-state index contributed by atoms with van der Waals surface area (Å²) in [7, 11) is 4.74. The molecule has 0 unspecified atom stereocenters. The van der Waals surface area contributed by atoms with Crippen LogP contribution in [0.5, 0.6) is 17.2 Å². The van der Waals surface area contributed by atoms with Crippen molar-refractivity contribution >= 4 is 17.8 Å². The maximum Gasteiger partial charge on any atom is 0.275 e. The van der Waals surface area contributed by atoms with E-state index in [0.29, 0.717) is 34.3 Å². The summed E-state index contributed by atoms with van der Waals surface area (Å²) in [6, 6.07) is 11.1. The zero-order valence-corrected chi connectivity index (χ0v) is 15.1. The normalized spacial score (nSPS) is 14.8. The van der Waals surface area contributed by atoms with Crippen LogP contribution >= 0.6 is 0 Å².